The number of hydrogen-bond donors (Lipinski definition) is 3. The third-order valence-electron chi connectivity index (χ3n) is 1.83. The maximum Gasteiger partial charge on any atom is 0.339 e. The lowest BCUT2D eigenvalue weighted by atomic mass is 10.2. The van der Waals surface area contributed by atoms with Gasteiger partial charge in [0.1, 0.15) is 5.56 Å². The number of carbonyl (C=O) groups is 2. The SMILES string of the molecule is C#CCNC(=O)Nc1cccc(Cl)c1C(=O)O. The first kappa shape index (κ1) is 12.9. The van der Waals surface area contributed by atoms with Crippen LogP contribution in [0.15, 0.2) is 18.2 Å². The van der Waals surface area contributed by atoms with E-state index in [4.69, 9.17) is 23.1 Å². The van der Waals surface area contributed by atoms with Gasteiger partial charge in [-0.05, 0) is 12.1 Å². The Hall–Kier alpha value is -2.19. The van der Waals surface area contributed by atoms with Gasteiger partial charge in [-0.2, -0.15) is 0 Å². The maximum absolute atomic E-state index is 11.3. The lowest BCUT2D eigenvalue weighted by molar-refractivity contribution is 0.0698. The summed E-state index contributed by atoms with van der Waals surface area (Å²) in [6.07, 6.45) is 4.96. The molecule has 5 nitrogen and oxygen atoms in total. The molecular formula is C11H9ClN2O3. The molecule has 0 fully saturated rings. The van der Waals surface area contributed by atoms with Gasteiger partial charge in [-0.3, -0.25) is 0 Å². The van der Waals surface area contributed by atoms with Gasteiger partial charge in [0, 0.05) is 0 Å². The molecule has 0 atom stereocenters. The maximum atomic E-state index is 11.3. The van der Waals surface area contributed by atoms with Crippen LogP contribution < -0.4 is 10.6 Å². The van der Waals surface area contributed by atoms with Gasteiger partial charge >= 0.3 is 12.0 Å². The van der Waals surface area contributed by atoms with Crippen LogP contribution in [0.2, 0.25) is 5.02 Å². The van der Waals surface area contributed by atoms with E-state index in [0.29, 0.717) is 0 Å². The number of halogens is 1. The van der Waals surface area contributed by atoms with Crippen molar-refractivity contribution in [2.24, 2.45) is 0 Å². The van der Waals surface area contributed by atoms with Crippen LogP contribution in [0.25, 0.3) is 0 Å². The number of benzene rings is 1. The number of carboxylic acid groups (broad SMARTS) is 1. The zero-order chi connectivity index (χ0) is 12.8. The average Bonchev–Trinajstić information content (AvgIpc) is 2.25. The highest BCUT2D eigenvalue weighted by atomic mass is 35.5. The van der Waals surface area contributed by atoms with Crippen molar-refractivity contribution in [2.45, 2.75) is 0 Å². The van der Waals surface area contributed by atoms with Gasteiger partial charge < -0.3 is 15.7 Å². The highest BCUT2D eigenvalue weighted by Gasteiger charge is 2.15. The molecule has 0 saturated heterocycles. The number of terminal acetylenes is 1. The summed E-state index contributed by atoms with van der Waals surface area (Å²) in [6.45, 7) is 0.0504. The van der Waals surface area contributed by atoms with E-state index in [1.165, 1.54) is 18.2 Å². The number of urea groups is 1. The Labute approximate surface area is 103 Å². The van der Waals surface area contributed by atoms with Crippen LogP contribution in [0.5, 0.6) is 0 Å². The van der Waals surface area contributed by atoms with Crippen LogP contribution >= 0.6 is 11.6 Å². The van der Waals surface area contributed by atoms with E-state index in [0.717, 1.165) is 0 Å². The molecule has 0 unspecified atom stereocenters. The quantitative estimate of drug-likeness (QED) is 0.718. The molecule has 0 heterocycles. The Morgan fingerprint density at radius 1 is 1.47 bits per heavy atom. The minimum atomic E-state index is -1.22. The molecule has 2 amide bonds. The van der Waals surface area contributed by atoms with Crippen molar-refractivity contribution in [2.75, 3.05) is 11.9 Å². The molecule has 1 aromatic carbocycles. The van der Waals surface area contributed by atoms with Crippen molar-refractivity contribution in [3.63, 3.8) is 0 Å². The van der Waals surface area contributed by atoms with Crippen molar-refractivity contribution >= 4 is 29.3 Å². The Bertz CT molecular complexity index is 494. The van der Waals surface area contributed by atoms with Crippen molar-refractivity contribution < 1.29 is 14.7 Å². The summed E-state index contributed by atoms with van der Waals surface area (Å²) < 4.78 is 0. The molecule has 17 heavy (non-hydrogen) atoms. The minimum Gasteiger partial charge on any atom is -0.478 e. The third-order valence-corrected chi connectivity index (χ3v) is 2.14. The van der Waals surface area contributed by atoms with Gasteiger partial charge in [-0.25, -0.2) is 9.59 Å². The standard InChI is InChI=1S/C11H9ClN2O3/c1-2-6-13-11(17)14-8-5-3-4-7(12)9(8)10(15)16/h1,3-5H,6H2,(H,15,16)(H2,13,14,17). The van der Waals surface area contributed by atoms with Crippen LogP contribution in [-0.4, -0.2) is 23.7 Å². The molecule has 1 rings (SSSR count). The molecule has 6 heteroatoms. The van der Waals surface area contributed by atoms with Crippen LogP contribution in [0, 0.1) is 12.3 Å². The number of carboxylic acids is 1. The van der Waals surface area contributed by atoms with Crippen molar-refractivity contribution in [1.82, 2.24) is 5.32 Å². The molecule has 0 aromatic heterocycles. The first-order chi connectivity index (χ1) is 8.06. The second-order valence-corrected chi connectivity index (χ2v) is 3.39. The predicted molar refractivity (Wildman–Crippen MR) is 64.3 cm³/mol. The van der Waals surface area contributed by atoms with E-state index in [-0.39, 0.29) is 22.8 Å². The second-order valence-electron chi connectivity index (χ2n) is 2.98. The zero-order valence-electron chi connectivity index (χ0n) is 8.66. The van der Waals surface area contributed by atoms with Gasteiger partial charge in [-0.15, -0.1) is 6.42 Å². The average molecular weight is 253 g/mol. The smallest absolute Gasteiger partial charge is 0.339 e. The van der Waals surface area contributed by atoms with Crippen molar-refractivity contribution in [3.8, 4) is 12.3 Å². The third kappa shape index (κ3) is 3.40. The molecule has 0 saturated carbocycles. The Kier molecular flexibility index (Phi) is 4.37. The minimum absolute atomic E-state index is 0.0484. The van der Waals surface area contributed by atoms with E-state index in [1.807, 2.05) is 0 Å². The van der Waals surface area contributed by atoms with Crippen molar-refractivity contribution in [1.29, 1.82) is 0 Å². The summed E-state index contributed by atoms with van der Waals surface area (Å²) in [5, 5.41) is 13.7. The largest absolute Gasteiger partial charge is 0.478 e. The molecule has 3 N–H and O–H groups in total. The Balaban J connectivity index is 2.92. The van der Waals surface area contributed by atoms with Crippen LogP contribution in [0.3, 0.4) is 0 Å². The lowest BCUT2D eigenvalue weighted by Crippen LogP contribution is -2.29. The molecular weight excluding hydrogens is 244 g/mol. The summed E-state index contributed by atoms with van der Waals surface area (Å²) in [5.41, 5.74) is -0.0513. The number of nitrogens with one attached hydrogen (secondary N) is 2. The highest BCUT2D eigenvalue weighted by Crippen LogP contribution is 2.24. The number of amides is 2. The molecule has 1 aromatic rings. The summed E-state index contributed by atoms with van der Waals surface area (Å²) in [6, 6.07) is 3.80. The summed E-state index contributed by atoms with van der Waals surface area (Å²) >= 11 is 5.73. The Morgan fingerprint density at radius 3 is 2.76 bits per heavy atom. The van der Waals surface area contributed by atoms with Gasteiger partial charge in [0.25, 0.3) is 0 Å². The first-order valence-electron chi connectivity index (χ1n) is 4.56. The molecule has 0 bridgehead atoms. The van der Waals surface area contributed by atoms with E-state index >= 15 is 0 Å². The van der Waals surface area contributed by atoms with E-state index in [1.54, 1.807) is 0 Å². The first-order valence-corrected chi connectivity index (χ1v) is 4.94. The van der Waals surface area contributed by atoms with Gasteiger partial charge in [-0.1, -0.05) is 23.6 Å². The molecule has 0 aliphatic rings. The normalized spacial score (nSPS) is 9.18. The highest BCUT2D eigenvalue weighted by molar-refractivity contribution is 6.34. The summed E-state index contributed by atoms with van der Waals surface area (Å²) in [7, 11) is 0. The van der Waals surface area contributed by atoms with Gasteiger partial charge in [0.2, 0.25) is 0 Å². The number of anilines is 1. The van der Waals surface area contributed by atoms with Gasteiger partial charge in [0.15, 0.2) is 0 Å². The Morgan fingerprint density at radius 2 is 2.18 bits per heavy atom. The fourth-order valence-corrected chi connectivity index (χ4v) is 1.40. The van der Waals surface area contributed by atoms with Crippen LogP contribution in [0.4, 0.5) is 10.5 Å². The summed E-state index contributed by atoms with van der Waals surface area (Å²) in [4.78, 5) is 22.3. The number of rotatable bonds is 3. The predicted octanol–water partition coefficient (Wildman–Crippen LogP) is 1.79. The van der Waals surface area contributed by atoms with Crippen LogP contribution in [0.1, 0.15) is 10.4 Å². The second kappa shape index (κ2) is 5.77. The number of aromatic carboxylic acids is 1. The zero-order valence-corrected chi connectivity index (χ0v) is 9.41. The number of hydrogen-bond acceptors (Lipinski definition) is 2. The van der Waals surface area contributed by atoms with Crippen molar-refractivity contribution in [3.05, 3.63) is 28.8 Å². The lowest BCUT2D eigenvalue weighted by Gasteiger charge is -2.09. The van der Waals surface area contributed by atoms with Gasteiger partial charge in [0.05, 0.1) is 17.3 Å². The van der Waals surface area contributed by atoms with Crippen LogP contribution in [-0.2, 0) is 0 Å². The van der Waals surface area contributed by atoms with E-state index < -0.39 is 12.0 Å². The monoisotopic (exact) mass is 252 g/mol. The summed E-state index contributed by atoms with van der Waals surface area (Å²) in [5.74, 6) is 0.999. The molecule has 0 radical (unpaired) electrons. The fraction of sp³-hybridized carbons (Fsp3) is 0.0909. The molecule has 0 spiro atoms. The molecule has 0 aliphatic heterocycles. The topological polar surface area (TPSA) is 78.4 Å². The molecule has 88 valence electrons. The molecule has 0 aliphatic carbocycles. The fourth-order valence-electron chi connectivity index (χ4n) is 1.14. The van der Waals surface area contributed by atoms with E-state index in [9.17, 15) is 9.59 Å². The number of carbonyl (C=O) groups excluding carboxylic acids is 1. The van der Waals surface area contributed by atoms with E-state index in [2.05, 4.69) is 16.6 Å².